The van der Waals surface area contributed by atoms with Crippen molar-refractivity contribution >= 4 is 12.2 Å². The van der Waals surface area contributed by atoms with Crippen molar-refractivity contribution in [1.29, 1.82) is 0 Å². The summed E-state index contributed by atoms with van der Waals surface area (Å²) in [5.74, 6) is 0.266. The minimum Gasteiger partial charge on any atom is -0.496 e. The van der Waals surface area contributed by atoms with Crippen LogP contribution in [0.3, 0.4) is 0 Å². The Hall–Kier alpha value is -1.75. The molecule has 5 heteroatoms. The first-order chi connectivity index (χ1) is 8.11. The fourth-order valence-electron chi connectivity index (χ4n) is 1.61. The van der Waals surface area contributed by atoms with Crippen LogP contribution in [0.25, 0.3) is 11.3 Å². The first-order valence-corrected chi connectivity index (χ1v) is 5.42. The first-order valence-electron chi connectivity index (χ1n) is 5.01. The van der Waals surface area contributed by atoms with E-state index in [1.54, 1.807) is 19.4 Å². The number of aromatic nitrogens is 2. The van der Waals surface area contributed by atoms with Crippen molar-refractivity contribution in [2.45, 2.75) is 6.92 Å². The molecule has 0 saturated carbocycles. The van der Waals surface area contributed by atoms with E-state index in [9.17, 15) is 4.39 Å². The van der Waals surface area contributed by atoms with Gasteiger partial charge in [0.1, 0.15) is 11.6 Å². The minimum atomic E-state index is -0.323. The minimum absolute atomic E-state index is 0.323. The lowest BCUT2D eigenvalue weighted by atomic mass is 10.1. The molecule has 1 aromatic heterocycles. The molecule has 2 aromatic rings. The number of nitrogens with zero attached hydrogens (tertiary/aromatic N) is 1. The van der Waals surface area contributed by atoms with Crippen molar-refractivity contribution in [2.24, 2.45) is 0 Å². The predicted octanol–water partition coefficient (Wildman–Crippen LogP) is 3.26. The van der Waals surface area contributed by atoms with Crippen LogP contribution in [-0.2, 0) is 0 Å². The molecule has 0 fully saturated rings. The first kappa shape index (κ1) is 11.7. The number of nitrogens with one attached hydrogen (secondary N) is 1. The number of halogens is 1. The third kappa shape index (κ3) is 2.34. The Bertz CT molecular complexity index is 610. The van der Waals surface area contributed by atoms with E-state index in [-0.39, 0.29) is 5.82 Å². The van der Waals surface area contributed by atoms with E-state index in [2.05, 4.69) is 9.97 Å². The Morgan fingerprint density at radius 3 is 2.88 bits per heavy atom. The molecule has 2 rings (SSSR count). The zero-order chi connectivity index (χ0) is 12.4. The molecule has 0 unspecified atom stereocenters. The highest BCUT2D eigenvalue weighted by molar-refractivity contribution is 7.71. The largest absolute Gasteiger partial charge is 0.496 e. The fraction of sp³-hybridized carbons (Fsp3) is 0.167. The zero-order valence-electron chi connectivity index (χ0n) is 9.45. The molecule has 0 amide bonds. The number of methoxy groups -OCH3 is 1. The van der Waals surface area contributed by atoms with E-state index in [1.807, 2.05) is 6.92 Å². The lowest BCUT2D eigenvalue weighted by Gasteiger charge is -2.10. The molecule has 3 nitrogen and oxygen atoms in total. The molecule has 17 heavy (non-hydrogen) atoms. The second-order valence-electron chi connectivity index (χ2n) is 3.59. The molecule has 1 N–H and O–H groups in total. The van der Waals surface area contributed by atoms with E-state index in [0.717, 1.165) is 11.3 Å². The monoisotopic (exact) mass is 250 g/mol. The Kier molecular flexibility index (Phi) is 3.19. The van der Waals surface area contributed by atoms with Gasteiger partial charge in [0.05, 0.1) is 12.8 Å². The number of H-pyrrole nitrogens is 1. The molecule has 0 aliphatic heterocycles. The lowest BCUT2D eigenvalue weighted by Crippen LogP contribution is -1.95. The van der Waals surface area contributed by atoms with Crippen molar-refractivity contribution in [3.63, 3.8) is 0 Å². The van der Waals surface area contributed by atoms with Gasteiger partial charge in [-0.3, -0.25) is 0 Å². The third-order valence-electron chi connectivity index (χ3n) is 2.43. The van der Waals surface area contributed by atoms with Gasteiger partial charge in [0.25, 0.3) is 0 Å². The number of hydrogen-bond donors (Lipinski definition) is 1. The molecule has 0 atom stereocenters. The van der Waals surface area contributed by atoms with E-state index in [0.29, 0.717) is 16.1 Å². The van der Waals surface area contributed by atoms with Crippen LogP contribution >= 0.6 is 12.2 Å². The van der Waals surface area contributed by atoms with Crippen LogP contribution in [-0.4, -0.2) is 17.1 Å². The molecular weight excluding hydrogens is 239 g/mol. The second kappa shape index (κ2) is 4.63. The van der Waals surface area contributed by atoms with E-state index >= 15 is 0 Å². The molecule has 0 bridgehead atoms. The summed E-state index contributed by atoms with van der Waals surface area (Å²) in [6.07, 6.45) is 1.65. The second-order valence-corrected chi connectivity index (χ2v) is 3.98. The Balaban J connectivity index is 2.70. The summed E-state index contributed by atoms with van der Waals surface area (Å²) in [4.78, 5) is 6.92. The van der Waals surface area contributed by atoms with Crippen LogP contribution in [0.5, 0.6) is 5.75 Å². The van der Waals surface area contributed by atoms with Gasteiger partial charge in [-0.1, -0.05) is 0 Å². The highest BCUT2D eigenvalue weighted by Crippen LogP contribution is 2.30. The number of aryl methyl sites for hydroxylation is 1. The summed E-state index contributed by atoms with van der Waals surface area (Å²) in [5.41, 5.74) is 2.24. The van der Waals surface area contributed by atoms with E-state index in [1.165, 1.54) is 12.1 Å². The average Bonchev–Trinajstić information content (AvgIpc) is 2.32. The summed E-state index contributed by atoms with van der Waals surface area (Å²) in [6, 6.07) is 4.35. The highest BCUT2D eigenvalue weighted by Gasteiger charge is 2.10. The number of hydrogen-bond acceptors (Lipinski definition) is 3. The highest BCUT2D eigenvalue weighted by atomic mass is 32.1. The van der Waals surface area contributed by atoms with Gasteiger partial charge >= 0.3 is 0 Å². The molecule has 1 aromatic carbocycles. The van der Waals surface area contributed by atoms with Crippen molar-refractivity contribution in [1.82, 2.24) is 9.97 Å². The molecule has 0 saturated heterocycles. The van der Waals surface area contributed by atoms with Gasteiger partial charge in [-0.05, 0) is 42.9 Å². The number of ether oxygens (including phenoxy) is 1. The van der Waals surface area contributed by atoms with Gasteiger partial charge in [0.2, 0.25) is 0 Å². The van der Waals surface area contributed by atoms with Crippen molar-refractivity contribution in [3.8, 4) is 17.0 Å². The third-order valence-corrected chi connectivity index (χ3v) is 2.64. The fourth-order valence-corrected chi connectivity index (χ4v) is 1.77. The SMILES string of the molecule is COc1ccc(F)cc1-c1[nH]c(=S)ncc1C. The maximum atomic E-state index is 13.3. The molecule has 0 spiro atoms. The van der Waals surface area contributed by atoms with Crippen molar-refractivity contribution in [3.05, 3.63) is 40.5 Å². The van der Waals surface area contributed by atoms with Gasteiger partial charge in [0, 0.05) is 11.8 Å². The Morgan fingerprint density at radius 1 is 1.41 bits per heavy atom. The van der Waals surface area contributed by atoms with Gasteiger partial charge in [-0.15, -0.1) is 0 Å². The molecule has 0 radical (unpaired) electrons. The summed E-state index contributed by atoms with van der Waals surface area (Å²) in [6.45, 7) is 1.87. The van der Waals surface area contributed by atoms with Crippen LogP contribution in [0.1, 0.15) is 5.56 Å². The maximum absolute atomic E-state index is 13.3. The summed E-state index contributed by atoms with van der Waals surface area (Å²) in [7, 11) is 1.54. The van der Waals surface area contributed by atoms with Gasteiger partial charge < -0.3 is 9.72 Å². The summed E-state index contributed by atoms with van der Waals surface area (Å²) in [5, 5.41) is 0. The number of aromatic amines is 1. The van der Waals surface area contributed by atoms with Crippen LogP contribution in [0, 0.1) is 17.5 Å². The lowest BCUT2D eigenvalue weighted by molar-refractivity contribution is 0.415. The molecule has 0 aliphatic carbocycles. The number of rotatable bonds is 2. The summed E-state index contributed by atoms with van der Waals surface area (Å²) >= 11 is 4.97. The normalized spacial score (nSPS) is 10.3. The predicted molar refractivity (Wildman–Crippen MR) is 66.1 cm³/mol. The quantitative estimate of drug-likeness (QED) is 0.831. The maximum Gasteiger partial charge on any atom is 0.197 e. The van der Waals surface area contributed by atoms with Crippen LogP contribution in [0.15, 0.2) is 24.4 Å². The van der Waals surface area contributed by atoms with Crippen LogP contribution in [0.2, 0.25) is 0 Å². The number of benzene rings is 1. The topological polar surface area (TPSA) is 37.9 Å². The molecule has 88 valence electrons. The molecule has 1 heterocycles. The average molecular weight is 250 g/mol. The van der Waals surface area contributed by atoms with Crippen molar-refractivity contribution in [2.75, 3.05) is 7.11 Å². The molecular formula is C12H11FN2OS. The van der Waals surface area contributed by atoms with Crippen LogP contribution in [0.4, 0.5) is 4.39 Å². The standard InChI is InChI=1S/C12H11FN2OS/c1-7-6-14-12(17)15-11(7)9-5-8(13)3-4-10(9)16-2/h3-6H,1-2H3,(H,14,15,17). The molecule has 0 aliphatic rings. The summed E-state index contributed by atoms with van der Waals surface area (Å²) < 4.78 is 18.9. The Morgan fingerprint density at radius 2 is 2.18 bits per heavy atom. The van der Waals surface area contributed by atoms with Gasteiger partial charge in [0.15, 0.2) is 4.77 Å². The van der Waals surface area contributed by atoms with E-state index in [4.69, 9.17) is 17.0 Å². The van der Waals surface area contributed by atoms with Gasteiger partial charge in [-0.25, -0.2) is 9.37 Å². The zero-order valence-corrected chi connectivity index (χ0v) is 10.3. The smallest absolute Gasteiger partial charge is 0.197 e. The van der Waals surface area contributed by atoms with Crippen molar-refractivity contribution < 1.29 is 9.13 Å². The van der Waals surface area contributed by atoms with Gasteiger partial charge in [-0.2, -0.15) is 0 Å². The Labute approximate surface area is 103 Å². The van der Waals surface area contributed by atoms with E-state index < -0.39 is 0 Å². The van der Waals surface area contributed by atoms with Crippen LogP contribution < -0.4 is 4.74 Å².